The number of carboxylic acids is 1. The van der Waals surface area contributed by atoms with Gasteiger partial charge in [0.15, 0.2) is 0 Å². The smallest absolute Gasteiger partial charge is 0.303 e. The molecule has 0 spiro atoms. The Morgan fingerprint density at radius 1 is 1.27 bits per heavy atom. The molecular weight excluding hydrogens is 190 g/mol. The zero-order valence-corrected chi connectivity index (χ0v) is 9.88. The van der Waals surface area contributed by atoms with E-state index in [4.69, 9.17) is 10.8 Å². The molecule has 0 amide bonds. The molecule has 0 aliphatic heterocycles. The number of carbonyl (C=O) groups is 1. The second kappa shape index (κ2) is 4.52. The lowest BCUT2D eigenvalue weighted by Gasteiger charge is -2.31. The Kier molecular flexibility index (Phi) is 3.77. The molecule has 3 nitrogen and oxygen atoms in total. The summed E-state index contributed by atoms with van der Waals surface area (Å²) >= 11 is 0. The number of rotatable bonds is 5. The van der Waals surface area contributed by atoms with Crippen LogP contribution < -0.4 is 5.73 Å². The van der Waals surface area contributed by atoms with Crippen LogP contribution in [0.25, 0.3) is 0 Å². The van der Waals surface area contributed by atoms with Crippen LogP contribution >= 0.6 is 0 Å². The van der Waals surface area contributed by atoms with E-state index in [0.29, 0.717) is 12.0 Å². The third kappa shape index (κ3) is 2.51. The quantitative estimate of drug-likeness (QED) is 0.737. The first-order valence-corrected chi connectivity index (χ1v) is 5.93. The Morgan fingerprint density at radius 3 is 2.13 bits per heavy atom. The highest BCUT2D eigenvalue weighted by Crippen LogP contribution is 2.54. The van der Waals surface area contributed by atoms with Crippen molar-refractivity contribution in [2.75, 3.05) is 6.54 Å². The van der Waals surface area contributed by atoms with Gasteiger partial charge in [-0.3, -0.25) is 4.79 Å². The summed E-state index contributed by atoms with van der Waals surface area (Å²) in [5, 5.41) is 8.93. The fourth-order valence-corrected chi connectivity index (χ4v) is 3.07. The molecule has 1 aliphatic carbocycles. The molecule has 15 heavy (non-hydrogen) atoms. The molecule has 0 aromatic carbocycles. The van der Waals surface area contributed by atoms with Crippen molar-refractivity contribution in [2.24, 2.45) is 16.6 Å². The van der Waals surface area contributed by atoms with Gasteiger partial charge in [0.05, 0.1) is 6.42 Å². The lowest BCUT2D eigenvalue weighted by molar-refractivity contribution is -0.139. The number of hydrogen-bond acceptors (Lipinski definition) is 2. The van der Waals surface area contributed by atoms with E-state index >= 15 is 0 Å². The molecule has 1 aliphatic rings. The zero-order chi connectivity index (χ0) is 11.5. The van der Waals surface area contributed by atoms with Crippen LogP contribution in [0.15, 0.2) is 0 Å². The second-order valence-corrected chi connectivity index (χ2v) is 5.16. The Morgan fingerprint density at radius 2 is 1.80 bits per heavy atom. The van der Waals surface area contributed by atoms with Crippen LogP contribution in [0, 0.1) is 10.8 Å². The summed E-state index contributed by atoms with van der Waals surface area (Å²) in [6, 6.07) is 0. The average Bonchev–Trinajstić information content (AvgIpc) is 2.58. The van der Waals surface area contributed by atoms with Gasteiger partial charge in [-0.05, 0) is 36.6 Å². The van der Waals surface area contributed by atoms with E-state index in [2.05, 4.69) is 13.8 Å². The van der Waals surface area contributed by atoms with Gasteiger partial charge in [-0.15, -0.1) is 0 Å². The molecule has 0 radical (unpaired) electrons. The van der Waals surface area contributed by atoms with Gasteiger partial charge in [0.1, 0.15) is 0 Å². The maximum absolute atomic E-state index is 10.9. The maximum atomic E-state index is 10.9. The Hall–Kier alpha value is -0.570. The minimum absolute atomic E-state index is 0.127. The minimum Gasteiger partial charge on any atom is -0.481 e. The van der Waals surface area contributed by atoms with E-state index in [1.165, 1.54) is 0 Å². The van der Waals surface area contributed by atoms with Crippen LogP contribution in [0.3, 0.4) is 0 Å². The van der Waals surface area contributed by atoms with Gasteiger partial charge in [0.25, 0.3) is 0 Å². The van der Waals surface area contributed by atoms with Crippen molar-refractivity contribution in [1.29, 1.82) is 0 Å². The zero-order valence-electron chi connectivity index (χ0n) is 9.88. The van der Waals surface area contributed by atoms with Crippen LogP contribution in [0.1, 0.15) is 52.4 Å². The number of aliphatic carboxylic acids is 1. The van der Waals surface area contributed by atoms with Crippen LogP contribution in [0.2, 0.25) is 0 Å². The Labute approximate surface area is 92.0 Å². The van der Waals surface area contributed by atoms with Crippen molar-refractivity contribution in [3.05, 3.63) is 0 Å². The first-order chi connectivity index (χ1) is 7.01. The monoisotopic (exact) mass is 213 g/mol. The van der Waals surface area contributed by atoms with Gasteiger partial charge in [-0.25, -0.2) is 0 Å². The van der Waals surface area contributed by atoms with Crippen molar-refractivity contribution in [1.82, 2.24) is 0 Å². The van der Waals surface area contributed by atoms with Crippen LogP contribution in [-0.2, 0) is 4.79 Å². The van der Waals surface area contributed by atoms with Crippen molar-refractivity contribution >= 4 is 5.97 Å². The Balaban J connectivity index is 2.75. The standard InChI is InChI=1S/C12H23NO2/c1-3-11(4-2)5-6-12(8-11,9-13)7-10(14)15/h3-9,13H2,1-2H3,(H,14,15)/t12-/m1/s1. The van der Waals surface area contributed by atoms with E-state index < -0.39 is 5.97 Å². The largest absolute Gasteiger partial charge is 0.481 e. The maximum Gasteiger partial charge on any atom is 0.303 e. The van der Waals surface area contributed by atoms with Crippen LogP contribution in [0.5, 0.6) is 0 Å². The van der Waals surface area contributed by atoms with Crippen molar-refractivity contribution in [3.63, 3.8) is 0 Å². The lowest BCUT2D eigenvalue weighted by atomic mass is 9.75. The number of carboxylic acid groups (broad SMARTS) is 1. The van der Waals surface area contributed by atoms with Crippen LogP contribution in [0.4, 0.5) is 0 Å². The van der Waals surface area contributed by atoms with E-state index in [1.54, 1.807) is 0 Å². The molecule has 3 N–H and O–H groups in total. The predicted octanol–water partition coefficient (Wildman–Crippen LogP) is 2.40. The fourth-order valence-electron chi connectivity index (χ4n) is 3.07. The SMILES string of the molecule is CCC1(CC)CC[C@@](CN)(CC(=O)O)C1. The summed E-state index contributed by atoms with van der Waals surface area (Å²) in [4.78, 5) is 10.9. The van der Waals surface area contributed by atoms with E-state index in [1.807, 2.05) is 0 Å². The second-order valence-electron chi connectivity index (χ2n) is 5.16. The summed E-state index contributed by atoms with van der Waals surface area (Å²) in [5.74, 6) is -0.705. The molecular formula is C12H23NO2. The van der Waals surface area contributed by atoms with Gasteiger partial charge in [0.2, 0.25) is 0 Å². The van der Waals surface area contributed by atoms with E-state index in [9.17, 15) is 4.79 Å². The predicted molar refractivity (Wildman–Crippen MR) is 60.6 cm³/mol. The summed E-state index contributed by atoms with van der Waals surface area (Å²) in [6.07, 6.45) is 5.65. The molecule has 1 saturated carbocycles. The summed E-state index contributed by atoms with van der Waals surface area (Å²) in [5.41, 5.74) is 6.01. The molecule has 1 rings (SSSR count). The highest BCUT2D eigenvalue weighted by Gasteiger charge is 2.46. The van der Waals surface area contributed by atoms with Gasteiger partial charge in [-0.1, -0.05) is 26.7 Å². The van der Waals surface area contributed by atoms with Gasteiger partial charge in [0, 0.05) is 0 Å². The number of nitrogens with two attached hydrogens (primary N) is 1. The first-order valence-electron chi connectivity index (χ1n) is 5.93. The van der Waals surface area contributed by atoms with E-state index in [0.717, 1.165) is 32.1 Å². The molecule has 88 valence electrons. The first kappa shape index (κ1) is 12.5. The van der Waals surface area contributed by atoms with Gasteiger partial charge in [-0.2, -0.15) is 0 Å². The molecule has 0 saturated heterocycles. The summed E-state index contributed by atoms with van der Waals surface area (Å²) in [6.45, 7) is 4.93. The van der Waals surface area contributed by atoms with Crippen molar-refractivity contribution < 1.29 is 9.90 Å². The summed E-state index contributed by atoms with van der Waals surface area (Å²) in [7, 11) is 0. The Bertz CT molecular complexity index is 236. The lowest BCUT2D eigenvalue weighted by Crippen LogP contribution is -2.32. The fraction of sp³-hybridized carbons (Fsp3) is 0.917. The van der Waals surface area contributed by atoms with E-state index in [-0.39, 0.29) is 11.8 Å². The minimum atomic E-state index is -0.705. The average molecular weight is 213 g/mol. The molecule has 0 bridgehead atoms. The molecule has 0 aromatic rings. The molecule has 3 heteroatoms. The van der Waals surface area contributed by atoms with Crippen LogP contribution in [-0.4, -0.2) is 17.6 Å². The normalized spacial score (nSPS) is 29.3. The topological polar surface area (TPSA) is 63.3 Å². The van der Waals surface area contributed by atoms with Gasteiger partial charge < -0.3 is 10.8 Å². The van der Waals surface area contributed by atoms with Gasteiger partial charge >= 0.3 is 5.97 Å². The molecule has 0 aromatic heterocycles. The van der Waals surface area contributed by atoms with Crippen molar-refractivity contribution in [2.45, 2.75) is 52.4 Å². The molecule has 0 heterocycles. The number of hydrogen-bond donors (Lipinski definition) is 2. The third-order valence-corrected chi connectivity index (χ3v) is 4.39. The highest BCUT2D eigenvalue weighted by atomic mass is 16.4. The molecule has 1 atom stereocenters. The molecule has 1 fully saturated rings. The van der Waals surface area contributed by atoms with Crippen molar-refractivity contribution in [3.8, 4) is 0 Å². The highest BCUT2D eigenvalue weighted by molar-refractivity contribution is 5.67. The third-order valence-electron chi connectivity index (χ3n) is 4.39. The summed E-state index contributed by atoms with van der Waals surface area (Å²) < 4.78 is 0. The molecule has 0 unspecified atom stereocenters.